The van der Waals surface area contributed by atoms with Gasteiger partial charge in [0.2, 0.25) is 0 Å². The third-order valence-corrected chi connectivity index (χ3v) is 2.77. The number of rotatable bonds is 8. The molecule has 0 aromatic carbocycles. The molecule has 0 bridgehead atoms. The van der Waals surface area contributed by atoms with E-state index in [9.17, 15) is 0 Å². The molecule has 0 aliphatic heterocycles. The summed E-state index contributed by atoms with van der Waals surface area (Å²) in [5.41, 5.74) is 0. The van der Waals surface area contributed by atoms with Crippen LogP contribution in [0, 0.1) is 0 Å². The Morgan fingerprint density at radius 1 is 1.25 bits per heavy atom. The van der Waals surface area contributed by atoms with Gasteiger partial charge in [-0.1, -0.05) is 26.2 Å². The van der Waals surface area contributed by atoms with Crippen LogP contribution in [0.5, 0.6) is 0 Å². The standard InChI is InChI=1S/C10H23NS/c1-4-5-6-7-8-11-10(2)9-12-3/h10-11H,4-9H2,1-3H3. The molecule has 1 N–H and O–H groups in total. The first-order valence-electron chi connectivity index (χ1n) is 5.03. The summed E-state index contributed by atoms with van der Waals surface area (Å²) in [7, 11) is 0. The number of nitrogens with one attached hydrogen (secondary N) is 1. The highest BCUT2D eigenvalue weighted by molar-refractivity contribution is 7.98. The van der Waals surface area contributed by atoms with Crippen molar-refractivity contribution in [1.29, 1.82) is 0 Å². The summed E-state index contributed by atoms with van der Waals surface area (Å²) in [4.78, 5) is 0. The molecule has 1 nitrogen and oxygen atoms in total. The Morgan fingerprint density at radius 2 is 2.00 bits per heavy atom. The van der Waals surface area contributed by atoms with Crippen molar-refractivity contribution >= 4 is 11.8 Å². The Bertz CT molecular complexity index is 85.9. The van der Waals surface area contributed by atoms with Crippen molar-refractivity contribution in [1.82, 2.24) is 5.32 Å². The Hall–Kier alpha value is 0.310. The summed E-state index contributed by atoms with van der Waals surface area (Å²) in [5, 5.41) is 3.52. The van der Waals surface area contributed by atoms with Gasteiger partial charge < -0.3 is 5.32 Å². The highest BCUT2D eigenvalue weighted by atomic mass is 32.2. The van der Waals surface area contributed by atoms with Gasteiger partial charge in [-0.05, 0) is 26.1 Å². The topological polar surface area (TPSA) is 12.0 Å². The summed E-state index contributed by atoms with van der Waals surface area (Å²) >= 11 is 1.92. The monoisotopic (exact) mass is 189 g/mol. The summed E-state index contributed by atoms with van der Waals surface area (Å²) in [6.45, 7) is 5.71. The highest BCUT2D eigenvalue weighted by Gasteiger charge is 1.97. The third kappa shape index (κ3) is 8.41. The lowest BCUT2D eigenvalue weighted by molar-refractivity contribution is 0.551. The smallest absolute Gasteiger partial charge is 0.0129 e. The number of hydrogen-bond donors (Lipinski definition) is 1. The lowest BCUT2D eigenvalue weighted by Gasteiger charge is -2.11. The van der Waals surface area contributed by atoms with E-state index in [0.717, 1.165) is 0 Å². The van der Waals surface area contributed by atoms with Gasteiger partial charge in [0.05, 0.1) is 0 Å². The maximum absolute atomic E-state index is 3.52. The zero-order valence-corrected chi connectivity index (χ0v) is 9.54. The van der Waals surface area contributed by atoms with E-state index in [-0.39, 0.29) is 0 Å². The minimum absolute atomic E-state index is 0.682. The van der Waals surface area contributed by atoms with Crippen LogP contribution in [0.2, 0.25) is 0 Å². The van der Waals surface area contributed by atoms with Gasteiger partial charge in [-0.15, -0.1) is 0 Å². The molecular weight excluding hydrogens is 166 g/mol. The van der Waals surface area contributed by atoms with Crippen molar-refractivity contribution in [2.75, 3.05) is 18.6 Å². The molecule has 0 aliphatic rings. The summed E-state index contributed by atoms with van der Waals surface area (Å²) in [6.07, 6.45) is 7.61. The van der Waals surface area contributed by atoms with Crippen LogP contribution in [0.15, 0.2) is 0 Å². The first-order chi connectivity index (χ1) is 5.81. The van der Waals surface area contributed by atoms with Gasteiger partial charge in [0.25, 0.3) is 0 Å². The maximum Gasteiger partial charge on any atom is 0.0129 e. The van der Waals surface area contributed by atoms with Crippen LogP contribution in [0.3, 0.4) is 0 Å². The fraction of sp³-hybridized carbons (Fsp3) is 1.00. The third-order valence-electron chi connectivity index (χ3n) is 1.94. The molecule has 74 valence electrons. The molecule has 0 heterocycles. The van der Waals surface area contributed by atoms with Gasteiger partial charge in [0.1, 0.15) is 0 Å². The quantitative estimate of drug-likeness (QED) is 0.589. The number of unbranched alkanes of at least 4 members (excludes halogenated alkanes) is 3. The largest absolute Gasteiger partial charge is 0.313 e. The van der Waals surface area contributed by atoms with E-state index >= 15 is 0 Å². The second-order valence-electron chi connectivity index (χ2n) is 3.37. The maximum atomic E-state index is 3.52. The fourth-order valence-electron chi connectivity index (χ4n) is 1.21. The zero-order chi connectivity index (χ0) is 9.23. The average Bonchev–Trinajstić information content (AvgIpc) is 2.05. The van der Waals surface area contributed by atoms with Crippen molar-refractivity contribution in [2.24, 2.45) is 0 Å². The van der Waals surface area contributed by atoms with Crippen LogP contribution in [-0.4, -0.2) is 24.6 Å². The van der Waals surface area contributed by atoms with Crippen molar-refractivity contribution in [2.45, 2.75) is 45.6 Å². The SMILES string of the molecule is CCCCCCNC(C)CSC. The normalized spacial score (nSPS) is 13.2. The fourth-order valence-corrected chi connectivity index (χ4v) is 1.83. The van der Waals surface area contributed by atoms with E-state index < -0.39 is 0 Å². The zero-order valence-electron chi connectivity index (χ0n) is 8.73. The van der Waals surface area contributed by atoms with E-state index in [0.29, 0.717) is 6.04 Å². The van der Waals surface area contributed by atoms with Gasteiger partial charge in [0.15, 0.2) is 0 Å². The Morgan fingerprint density at radius 3 is 2.58 bits per heavy atom. The summed E-state index contributed by atoms with van der Waals surface area (Å²) < 4.78 is 0. The first-order valence-corrected chi connectivity index (χ1v) is 6.43. The van der Waals surface area contributed by atoms with Crippen molar-refractivity contribution in [3.63, 3.8) is 0 Å². The number of thioether (sulfide) groups is 1. The molecule has 0 saturated carbocycles. The van der Waals surface area contributed by atoms with Crippen molar-refractivity contribution in [3.8, 4) is 0 Å². The van der Waals surface area contributed by atoms with E-state index in [4.69, 9.17) is 0 Å². The molecule has 0 aromatic rings. The van der Waals surface area contributed by atoms with Crippen LogP contribution in [0.25, 0.3) is 0 Å². The second kappa shape index (κ2) is 9.40. The molecule has 12 heavy (non-hydrogen) atoms. The predicted molar refractivity (Wildman–Crippen MR) is 60.0 cm³/mol. The van der Waals surface area contributed by atoms with E-state index in [1.165, 1.54) is 38.0 Å². The minimum atomic E-state index is 0.682. The summed E-state index contributed by atoms with van der Waals surface area (Å²) in [6, 6.07) is 0.682. The van der Waals surface area contributed by atoms with E-state index in [1.807, 2.05) is 11.8 Å². The molecule has 0 spiro atoms. The Kier molecular flexibility index (Phi) is 9.64. The minimum Gasteiger partial charge on any atom is -0.313 e. The van der Waals surface area contributed by atoms with Crippen LogP contribution in [0.4, 0.5) is 0 Å². The highest BCUT2D eigenvalue weighted by Crippen LogP contribution is 1.99. The van der Waals surface area contributed by atoms with Gasteiger partial charge in [-0.25, -0.2) is 0 Å². The summed E-state index contributed by atoms with van der Waals surface area (Å²) in [5.74, 6) is 1.23. The van der Waals surface area contributed by atoms with Gasteiger partial charge in [-0.3, -0.25) is 0 Å². The molecule has 0 fully saturated rings. The van der Waals surface area contributed by atoms with Gasteiger partial charge >= 0.3 is 0 Å². The molecule has 0 radical (unpaired) electrons. The molecular formula is C10H23NS. The van der Waals surface area contributed by atoms with Crippen molar-refractivity contribution in [3.05, 3.63) is 0 Å². The molecule has 0 rings (SSSR count). The average molecular weight is 189 g/mol. The van der Waals surface area contributed by atoms with Crippen LogP contribution < -0.4 is 5.32 Å². The molecule has 0 amide bonds. The molecule has 0 aliphatic carbocycles. The Labute approximate surface area is 81.7 Å². The molecule has 2 heteroatoms. The first kappa shape index (κ1) is 12.3. The van der Waals surface area contributed by atoms with Crippen molar-refractivity contribution < 1.29 is 0 Å². The molecule has 0 saturated heterocycles. The molecule has 1 atom stereocenters. The lowest BCUT2D eigenvalue weighted by atomic mass is 10.2. The lowest BCUT2D eigenvalue weighted by Crippen LogP contribution is -2.28. The molecule has 1 unspecified atom stereocenters. The van der Waals surface area contributed by atoms with Crippen LogP contribution in [0.1, 0.15) is 39.5 Å². The second-order valence-corrected chi connectivity index (χ2v) is 4.28. The van der Waals surface area contributed by atoms with Gasteiger partial charge in [0, 0.05) is 11.8 Å². The number of hydrogen-bond acceptors (Lipinski definition) is 2. The molecule has 0 aromatic heterocycles. The Balaban J connectivity index is 2.97. The van der Waals surface area contributed by atoms with E-state index in [2.05, 4.69) is 25.4 Å². The van der Waals surface area contributed by atoms with Crippen LogP contribution in [-0.2, 0) is 0 Å². The van der Waals surface area contributed by atoms with Crippen LogP contribution >= 0.6 is 11.8 Å². The van der Waals surface area contributed by atoms with Gasteiger partial charge in [-0.2, -0.15) is 11.8 Å². The van der Waals surface area contributed by atoms with E-state index in [1.54, 1.807) is 0 Å². The predicted octanol–water partition coefficient (Wildman–Crippen LogP) is 2.91.